The summed E-state index contributed by atoms with van der Waals surface area (Å²) in [6.45, 7) is 6.79. The molecule has 1 aliphatic rings. The SMILES string of the molecule is CN=C(NCc1ccccc1[N+](=O)[O-])NC1CN(C(=O)OC(C)(C)C)C1.I. The van der Waals surface area contributed by atoms with Gasteiger partial charge < -0.3 is 20.3 Å². The Balaban J connectivity index is 0.00000364. The zero-order valence-corrected chi connectivity index (χ0v) is 18.2. The predicted molar refractivity (Wildman–Crippen MR) is 113 cm³/mol. The predicted octanol–water partition coefficient (Wildman–Crippen LogP) is 2.50. The van der Waals surface area contributed by atoms with Crippen LogP contribution in [0.15, 0.2) is 29.3 Å². The maximum absolute atomic E-state index is 11.9. The molecule has 2 rings (SSSR count). The van der Waals surface area contributed by atoms with E-state index in [-0.39, 0.29) is 48.3 Å². The Bertz CT molecular complexity index is 699. The zero-order valence-electron chi connectivity index (χ0n) is 15.9. The van der Waals surface area contributed by atoms with Crippen LogP contribution in [0.3, 0.4) is 0 Å². The Kier molecular flexibility index (Phi) is 8.25. The van der Waals surface area contributed by atoms with Crippen LogP contribution < -0.4 is 10.6 Å². The number of carbonyl (C=O) groups excluding carboxylic acids is 1. The number of halogens is 1. The molecule has 150 valence electrons. The van der Waals surface area contributed by atoms with Crippen molar-refractivity contribution in [3.8, 4) is 0 Å². The van der Waals surface area contributed by atoms with Gasteiger partial charge in [0.05, 0.1) is 11.0 Å². The van der Waals surface area contributed by atoms with E-state index in [1.165, 1.54) is 6.07 Å². The lowest BCUT2D eigenvalue weighted by molar-refractivity contribution is -0.385. The second-order valence-electron chi connectivity index (χ2n) is 7.04. The van der Waals surface area contributed by atoms with E-state index < -0.39 is 10.5 Å². The smallest absolute Gasteiger partial charge is 0.410 e. The largest absolute Gasteiger partial charge is 0.444 e. The van der Waals surface area contributed by atoms with Gasteiger partial charge in [0.25, 0.3) is 5.69 Å². The summed E-state index contributed by atoms with van der Waals surface area (Å²) >= 11 is 0. The van der Waals surface area contributed by atoms with Crippen LogP contribution in [0.4, 0.5) is 10.5 Å². The highest BCUT2D eigenvalue weighted by molar-refractivity contribution is 14.0. The van der Waals surface area contributed by atoms with Crippen molar-refractivity contribution in [1.29, 1.82) is 0 Å². The Morgan fingerprint density at radius 2 is 2.00 bits per heavy atom. The summed E-state index contributed by atoms with van der Waals surface area (Å²) in [5.74, 6) is 0.525. The van der Waals surface area contributed by atoms with E-state index in [0.717, 1.165) is 0 Å². The number of aliphatic imine (C=N–C) groups is 1. The van der Waals surface area contributed by atoms with Gasteiger partial charge in [-0.2, -0.15) is 0 Å². The molecule has 1 aromatic rings. The van der Waals surface area contributed by atoms with Gasteiger partial charge in [0, 0.05) is 38.3 Å². The van der Waals surface area contributed by atoms with Gasteiger partial charge in [-0.25, -0.2) is 4.79 Å². The van der Waals surface area contributed by atoms with Crippen molar-refractivity contribution in [3.63, 3.8) is 0 Å². The van der Waals surface area contributed by atoms with Crippen LogP contribution in [-0.4, -0.2) is 53.7 Å². The van der Waals surface area contributed by atoms with E-state index in [2.05, 4.69) is 15.6 Å². The molecule has 0 aromatic heterocycles. The van der Waals surface area contributed by atoms with Crippen LogP contribution in [0, 0.1) is 10.1 Å². The van der Waals surface area contributed by atoms with E-state index in [1.807, 2.05) is 20.8 Å². The highest BCUT2D eigenvalue weighted by atomic mass is 127. The Hall–Kier alpha value is -2.11. The third-order valence-electron chi connectivity index (χ3n) is 3.73. The molecule has 1 amide bonds. The molecule has 0 radical (unpaired) electrons. The van der Waals surface area contributed by atoms with Crippen LogP contribution in [0.5, 0.6) is 0 Å². The molecule has 0 atom stereocenters. The van der Waals surface area contributed by atoms with Crippen LogP contribution in [0.1, 0.15) is 26.3 Å². The molecule has 1 fully saturated rings. The number of nitro benzene ring substituents is 1. The monoisotopic (exact) mass is 491 g/mol. The molecule has 27 heavy (non-hydrogen) atoms. The summed E-state index contributed by atoms with van der Waals surface area (Å²) in [4.78, 5) is 28.3. The molecule has 0 bridgehead atoms. The fourth-order valence-corrected chi connectivity index (χ4v) is 2.45. The summed E-state index contributed by atoms with van der Waals surface area (Å²) in [6.07, 6.45) is -0.335. The summed E-state index contributed by atoms with van der Waals surface area (Å²) in [5, 5.41) is 17.3. The lowest BCUT2D eigenvalue weighted by Gasteiger charge is -2.40. The summed E-state index contributed by atoms with van der Waals surface area (Å²) in [6, 6.07) is 6.61. The molecular weight excluding hydrogens is 465 g/mol. The number of likely N-dealkylation sites (tertiary alicyclic amines) is 1. The number of hydrogen-bond acceptors (Lipinski definition) is 5. The molecule has 0 aliphatic carbocycles. The summed E-state index contributed by atoms with van der Waals surface area (Å²) < 4.78 is 5.31. The molecule has 1 aromatic carbocycles. The highest BCUT2D eigenvalue weighted by Crippen LogP contribution is 2.17. The molecule has 1 heterocycles. The molecule has 1 saturated heterocycles. The molecule has 2 N–H and O–H groups in total. The van der Waals surface area contributed by atoms with Crippen molar-refractivity contribution in [2.75, 3.05) is 20.1 Å². The normalized spacial score (nSPS) is 14.7. The minimum absolute atomic E-state index is 0. The highest BCUT2D eigenvalue weighted by Gasteiger charge is 2.34. The van der Waals surface area contributed by atoms with Gasteiger partial charge in [-0.15, -0.1) is 24.0 Å². The van der Waals surface area contributed by atoms with E-state index >= 15 is 0 Å². The Morgan fingerprint density at radius 3 is 2.56 bits per heavy atom. The van der Waals surface area contributed by atoms with Gasteiger partial charge in [-0.05, 0) is 20.8 Å². The fraction of sp³-hybridized carbons (Fsp3) is 0.529. The van der Waals surface area contributed by atoms with Crippen molar-refractivity contribution in [2.45, 2.75) is 39.0 Å². The van der Waals surface area contributed by atoms with E-state index in [0.29, 0.717) is 24.6 Å². The summed E-state index contributed by atoms with van der Waals surface area (Å²) in [5.41, 5.74) is 0.122. The number of guanidine groups is 1. The summed E-state index contributed by atoms with van der Waals surface area (Å²) in [7, 11) is 1.62. The maximum Gasteiger partial charge on any atom is 0.410 e. The van der Waals surface area contributed by atoms with Crippen molar-refractivity contribution < 1.29 is 14.5 Å². The number of carbonyl (C=O) groups is 1. The van der Waals surface area contributed by atoms with Crippen LogP contribution in [0.25, 0.3) is 0 Å². The second kappa shape index (κ2) is 9.72. The zero-order chi connectivity index (χ0) is 19.3. The molecule has 9 nitrogen and oxygen atoms in total. The number of nitrogens with zero attached hydrogens (tertiary/aromatic N) is 3. The number of rotatable bonds is 4. The standard InChI is InChI=1S/C17H25N5O4.HI/c1-17(2,3)26-16(23)21-10-13(11-21)20-15(18-4)19-9-12-7-5-6-8-14(12)22(24)25;/h5-8,13H,9-11H2,1-4H3,(H2,18,19,20);1H. The lowest BCUT2D eigenvalue weighted by atomic mass is 10.1. The number of amides is 1. The third-order valence-corrected chi connectivity index (χ3v) is 3.73. The van der Waals surface area contributed by atoms with Crippen LogP contribution in [-0.2, 0) is 11.3 Å². The van der Waals surface area contributed by atoms with Gasteiger partial charge in [-0.1, -0.05) is 18.2 Å². The molecule has 0 spiro atoms. The molecule has 10 heteroatoms. The van der Waals surface area contributed by atoms with Crippen LogP contribution in [0.2, 0.25) is 0 Å². The van der Waals surface area contributed by atoms with Gasteiger partial charge in [0.2, 0.25) is 0 Å². The first-order valence-corrected chi connectivity index (χ1v) is 8.37. The van der Waals surface area contributed by atoms with E-state index in [1.54, 1.807) is 30.1 Å². The van der Waals surface area contributed by atoms with E-state index in [4.69, 9.17) is 4.74 Å². The van der Waals surface area contributed by atoms with E-state index in [9.17, 15) is 14.9 Å². The first-order chi connectivity index (χ1) is 12.2. The lowest BCUT2D eigenvalue weighted by Crippen LogP contribution is -2.63. The van der Waals surface area contributed by atoms with Gasteiger partial charge >= 0.3 is 6.09 Å². The number of para-hydroxylation sites is 1. The minimum atomic E-state index is -0.516. The van der Waals surface area contributed by atoms with Crippen LogP contribution >= 0.6 is 24.0 Å². The minimum Gasteiger partial charge on any atom is -0.444 e. The number of ether oxygens (including phenoxy) is 1. The van der Waals surface area contributed by atoms with Gasteiger partial charge in [0.1, 0.15) is 5.60 Å². The fourth-order valence-electron chi connectivity index (χ4n) is 2.45. The second-order valence-corrected chi connectivity index (χ2v) is 7.04. The van der Waals surface area contributed by atoms with Gasteiger partial charge in [-0.3, -0.25) is 15.1 Å². The molecule has 0 saturated carbocycles. The van der Waals surface area contributed by atoms with Crippen molar-refractivity contribution in [3.05, 3.63) is 39.9 Å². The quantitative estimate of drug-likeness (QED) is 0.220. The average molecular weight is 491 g/mol. The number of nitrogens with one attached hydrogen (secondary N) is 2. The molecular formula is C17H26IN5O4. The first kappa shape index (κ1) is 22.9. The molecule has 0 unspecified atom stereocenters. The van der Waals surface area contributed by atoms with Gasteiger partial charge in [0.15, 0.2) is 5.96 Å². The number of nitro groups is 1. The Labute approximate surface area is 175 Å². The average Bonchev–Trinajstić information content (AvgIpc) is 2.51. The van der Waals surface area contributed by atoms with Crippen molar-refractivity contribution in [1.82, 2.24) is 15.5 Å². The Morgan fingerprint density at radius 1 is 1.37 bits per heavy atom. The number of hydrogen-bond donors (Lipinski definition) is 2. The first-order valence-electron chi connectivity index (χ1n) is 8.37. The maximum atomic E-state index is 11.9. The van der Waals surface area contributed by atoms with Crippen molar-refractivity contribution >= 4 is 41.7 Å². The van der Waals surface area contributed by atoms with Crippen molar-refractivity contribution in [2.24, 2.45) is 4.99 Å². The molecule has 1 aliphatic heterocycles. The third kappa shape index (κ3) is 6.85. The topological polar surface area (TPSA) is 109 Å². The number of benzene rings is 1.